The van der Waals surface area contributed by atoms with E-state index in [0.29, 0.717) is 19.8 Å². The van der Waals surface area contributed by atoms with Crippen molar-refractivity contribution in [2.45, 2.75) is 39.7 Å². The second-order valence-corrected chi connectivity index (χ2v) is 7.49. The van der Waals surface area contributed by atoms with Crippen LogP contribution in [0.2, 0.25) is 0 Å². The van der Waals surface area contributed by atoms with E-state index in [9.17, 15) is 0 Å². The number of thiazole rings is 1. The van der Waals surface area contributed by atoms with E-state index in [0.717, 1.165) is 49.6 Å². The van der Waals surface area contributed by atoms with Gasteiger partial charge in [0, 0.05) is 50.7 Å². The topological polar surface area (TPSA) is 67.8 Å². The van der Waals surface area contributed by atoms with Crippen molar-refractivity contribution < 1.29 is 9.47 Å². The van der Waals surface area contributed by atoms with Crippen molar-refractivity contribution in [3.63, 3.8) is 0 Å². The van der Waals surface area contributed by atoms with Crippen LogP contribution in [-0.4, -0.2) is 44.4 Å². The average Bonchev–Trinajstić information content (AvgIpc) is 3.18. The van der Waals surface area contributed by atoms with Gasteiger partial charge in [0.25, 0.3) is 0 Å². The molecule has 0 saturated heterocycles. The minimum atomic E-state index is 0.599. The van der Waals surface area contributed by atoms with Gasteiger partial charge in [-0.25, -0.2) is 9.98 Å². The number of aryl methyl sites for hydroxylation is 1. The lowest BCUT2D eigenvalue weighted by atomic mass is 10.2. The molecule has 0 atom stereocenters. The molecule has 0 fully saturated rings. The summed E-state index contributed by atoms with van der Waals surface area (Å²) in [7, 11) is 1.70. The Balaban J connectivity index is 1.83. The monoisotopic (exact) mass is 404 g/mol. The third-order valence-electron chi connectivity index (χ3n) is 4.01. The van der Waals surface area contributed by atoms with Crippen LogP contribution >= 0.6 is 11.3 Å². The number of aromatic nitrogens is 1. The van der Waals surface area contributed by atoms with E-state index in [4.69, 9.17) is 9.47 Å². The van der Waals surface area contributed by atoms with Crippen LogP contribution in [0.5, 0.6) is 5.75 Å². The van der Waals surface area contributed by atoms with Gasteiger partial charge >= 0.3 is 0 Å². The van der Waals surface area contributed by atoms with Gasteiger partial charge in [-0.3, -0.25) is 0 Å². The van der Waals surface area contributed by atoms with Crippen molar-refractivity contribution in [3.8, 4) is 5.75 Å². The van der Waals surface area contributed by atoms with Gasteiger partial charge in [-0.15, -0.1) is 11.3 Å². The summed E-state index contributed by atoms with van der Waals surface area (Å²) in [5.41, 5.74) is 1.12. The molecule has 2 aromatic rings. The average molecular weight is 405 g/mol. The number of benzene rings is 1. The molecule has 1 aromatic carbocycles. The molecule has 1 heterocycles. The summed E-state index contributed by atoms with van der Waals surface area (Å²) < 4.78 is 10.8. The Labute approximate surface area is 172 Å². The summed E-state index contributed by atoms with van der Waals surface area (Å²) in [6.45, 7) is 7.83. The van der Waals surface area contributed by atoms with Gasteiger partial charge in [0.1, 0.15) is 5.75 Å². The molecule has 0 bridgehead atoms. The molecule has 0 unspecified atom stereocenters. The lowest BCUT2D eigenvalue weighted by Gasteiger charge is -2.11. The number of hydrogen-bond donors (Lipinski definition) is 2. The van der Waals surface area contributed by atoms with Gasteiger partial charge < -0.3 is 20.1 Å². The second kappa shape index (κ2) is 13.1. The number of ether oxygens (including phenoxy) is 2. The maximum atomic E-state index is 5.76. The minimum Gasteiger partial charge on any atom is -0.493 e. The Bertz CT molecular complexity index is 718. The third kappa shape index (κ3) is 8.27. The maximum Gasteiger partial charge on any atom is 0.191 e. The van der Waals surface area contributed by atoms with Crippen molar-refractivity contribution in [2.75, 3.05) is 33.4 Å². The van der Waals surface area contributed by atoms with Gasteiger partial charge in [0.15, 0.2) is 5.96 Å². The fraction of sp³-hybridized carbons (Fsp3) is 0.524. The first kappa shape index (κ1) is 22.2. The quantitative estimate of drug-likeness (QED) is 0.322. The highest BCUT2D eigenvalue weighted by atomic mass is 32.1. The lowest BCUT2D eigenvalue weighted by Crippen LogP contribution is -2.38. The standard InChI is InChI=1S/C21H32N4O2S/c1-4-19-16-24-20(28-19)10-11-23-21(22-5-2)25-15-17-8-6-9-18(14-17)27-13-7-12-26-3/h6,8-9,14,16H,4-5,7,10-13,15H2,1-3H3,(H2,22,23,25). The van der Waals surface area contributed by atoms with Crippen molar-refractivity contribution in [1.82, 2.24) is 15.6 Å². The van der Waals surface area contributed by atoms with Crippen LogP contribution < -0.4 is 15.4 Å². The number of nitrogens with one attached hydrogen (secondary N) is 2. The summed E-state index contributed by atoms with van der Waals surface area (Å²) in [6.07, 6.45) is 4.81. The fourth-order valence-electron chi connectivity index (χ4n) is 2.55. The molecule has 0 amide bonds. The van der Waals surface area contributed by atoms with E-state index in [-0.39, 0.29) is 0 Å². The Morgan fingerprint density at radius 3 is 2.86 bits per heavy atom. The van der Waals surface area contributed by atoms with E-state index in [2.05, 4.69) is 40.5 Å². The highest BCUT2D eigenvalue weighted by Gasteiger charge is 2.03. The number of methoxy groups -OCH3 is 1. The first-order valence-corrected chi connectivity index (χ1v) is 10.7. The molecule has 0 spiro atoms. The number of rotatable bonds is 12. The van der Waals surface area contributed by atoms with Crippen LogP contribution in [0.1, 0.15) is 35.7 Å². The van der Waals surface area contributed by atoms with Crippen LogP contribution in [0.3, 0.4) is 0 Å². The maximum absolute atomic E-state index is 5.76. The van der Waals surface area contributed by atoms with Gasteiger partial charge in [-0.2, -0.15) is 0 Å². The zero-order chi connectivity index (χ0) is 20.0. The van der Waals surface area contributed by atoms with Crippen LogP contribution in [-0.2, 0) is 24.1 Å². The van der Waals surface area contributed by atoms with Crippen LogP contribution in [0.15, 0.2) is 35.5 Å². The van der Waals surface area contributed by atoms with Crippen molar-refractivity contribution in [2.24, 2.45) is 4.99 Å². The van der Waals surface area contributed by atoms with E-state index < -0.39 is 0 Å². The smallest absolute Gasteiger partial charge is 0.191 e. The molecule has 154 valence electrons. The lowest BCUT2D eigenvalue weighted by molar-refractivity contribution is 0.172. The molecule has 0 aliphatic carbocycles. The zero-order valence-electron chi connectivity index (χ0n) is 17.2. The Hall–Kier alpha value is -2.12. The first-order valence-electron chi connectivity index (χ1n) is 9.91. The molecule has 7 heteroatoms. The largest absolute Gasteiger partial charge is 0.493 e. The van der Waals surface area contributed by atoms with E-state index >= 15 is 0 Å². The zero-order valence-corrected chi connectivity index (χ0v) is 18.0. The molecule has 2 N–H and O–H groups in total. The Morgan fingerprint density at radius 1 is 1.21 bits per heavy atom. The van der Waals surface area contributed by atoms with Crippen molar-refractivity contribution in [3.05, 3.63) is 45.9 Å². The Morgan fingerprint density at radius 2 is 2.11 bits per heavy atom. The number of aliphatic imine (C=N–C) groups is 1. The predicted molar refractivity (Wildman–Crippen MR) is 116 cm³/mol. The van der Waals surface area contributed by atoms with Gasteiger partial charge in [-0.05, 0) is 31.0 Å². The summed E-state index contributed by atoms with van der Waals surface area (Å²) in [5.74, 6) is 1.69. The molecular weight excluding hydrogens is 372 g/mol. The molecule has 0 radical (unpaired) electrons. The summed E-state index contributed by atoms with van der Waals surface area (Å²) in [4.78, 5) is 10.5. The molecule has 2 rings (SSSR count). The predicted octanol–water partition coefficient (Wildman–Crippen LogP) is 3.42. The highest BCUT2D eigenvalue weighted by Crippen LogP contribution is 2.15. The second-order valence-electron chi connectivity index (χ2n) is 6.29. The van der Waals surface area contributed by atoms with Crippen molar-refractivity contribution in [1.29, 1.82) is 0 Å². The molecule has 6 nitrogen and oxygen atoms in total. The normalized spacial score (nSPS) is 11.5. The van der Waals surface area contributed by atoms with Crippen LogP contribution in [0.25, 0.3) is 0 Å². The summed E-state index contributed by atoms with van der Waals surface area (Å²) in [6, 6.07) is 8.09. The summed E-state index contributed by atoms with van der Waals surface area (Å²) >= 11 is 1.79. The Kier molecular flexibility index (Phi) is 10.4. The molecule has 0 saturated carbocycles. The third-order valence-corrected chi connectivity index (χ3v) is 5.21. The van der Waals surface area contributed by atoms with Gasteiger partial charge in [0.2, 0.25) is 0 Å². The van der Waals surface area contributed by atoms with E-state index in [1.807, 2.05) is 24.4 Å². The molecule has 0 aliphatic rings. The highest BCUT2D eigenvalue weighted by molar-refractivity contribution is 7.11. The fourth-order valence-corrected chi connectivity index (χ4v) is 3.42. The number of nitrogens with zero attached hydrogens (tertiary/aromatic N) is 2. The SMILES string of the molecule is CCNC(=NCc1cccc(OCCCOC)c1)NCCc1ncc(CC)s1. The minimum absolute atomic E-state index is 0.599. The molecular formula is C21H32N4O2S. The van der Waals surface area contributed by atoms with Gasteiger partial charge in [0.05, 0.1) is 18.2 Å². The van der Waals surface area contributed by atoms with E-state index in [1.54, 1.807) is 18.4 Å². The van der Waals surface area contributed by atoms with Crippen LogP contribution in [0.4, 0.5) is 0 Å². The number of guanidine groups is 1. The number of hydrogen-bond acceptors (Lipinski definition) is 5. The molecule has 28 heavy (non-hydrogen) atoms. The molecule has 1 aromatic heterocycles. The first-order chi connectivity index (χ1) is 13.7. The van der Waals surface area contributed by atoms with E-state index in [1.165, 1.54) is 9.88 Å². The molecule has 0 aliphatic heterocycles. The van der Waals surface area contributed by atoms with Gasteiger partial charge in [-0.1, -0.05) is 19.1 Å². The van der Waals surface area contributed by atoms with Crippen LogP contribution in [0, 0.1) is 0 Å². The van der Waals surface area contributed by atoms with Crippen molar-refractivity contribution >= 4 is 17.3 Å². The summed E-state index contributed by atoms with van der Waals surface area (Å²) in [5, 5.41) is 7.85.